The smallest absolute Gasteiger partial charge is 0.338 e. The zero-order chi connectivity index (χ0) is 14.4. The summed E-state index contributed by atoms with van der Waals surface area (Å²) >= 11 is 5.73. The molecular formula is C16H15ClO3. The van der Waals surface area contributed by atoms with Crippen molar-refractivity contribution in [1.82, 2.24) is 0 Å². The first-order valence-electron chi connectivity index (χ1n) is 6.33. The van der Waals surface area contributed by atoms with Gasteiger partial charge in [-0.05, 0) is 48.9 Å². The third-order valence-corrected chi connectivity index (χ3v) is 2.99. The van der Waals surface area contributed by atoms with Crippen molar-refractivity contribution >= 4 is 17.6 Å². The summed E-state index contributed by atoms with van der Waals surface area (Å²) in [5.41, 5.74) is 1.55. The molecule has 3 nitrogen and oxygen atoms in total. The third-order valence-electron chi connectivity index (χ3n) is 2.68. The van der Waals surface area contributed by atoms with E-state index in [0.29, 0.717) is 23.8 Å². The number of esters is 1. The van der Waals surface area contributed by atoms with Crippen molar-refractivity contribution in [3.05, 3.63) is 59.7 Å². The fourth-order valence-corrected chi connectivity index (χ4v) is 1.83. The number of carbonyl (C=O) groups excluding carboxylic acids is 1. The van der Waals surface area contributed by atoms with Gasteiger partial charge in [-0.25, -0.2) is 4.79 Å². The van der Waals surface area contributed by atoms with Crippen molar-refractivity contribution < 1.29 is 14.3 Å². The Balaban J connectivity index is 2.04. The van der Waals surface area contributed by atoms with Gasteiger partial charge in [0, 0.05) is 5.88 Å². The number of hydrogen-bond donors (Lipinski definition) is 0. The molecule has 0 heterocycles. The standard InChI is InChI=1S/C16H15ClO3/c1-2-19-16(18)13-5-9-15(10-6-13)20-14-7-3-12(11-17)4-8-14/h3-10H,2,11H2,1H3. The Morgan fingerprint density at radius 3 is 2.05 bits per heavy atom. The minimum atomic E-state index is -0.328. The SMILES string of the molecule is CCOC(=O)c1ccc(Oc2ccc(CCl)cc2)cc1. The van der Waals surface area contributed by atoms with E-state index in [1.165, 1.54) is 0 Å². The van der Waals surface area contributed by atoms with Gasteiger partial charge < -0.3 is 9.47 Å². The zero-order valence-corrected chi connectivity index (χ0v) is 11.9. The summed E-state index contributed by atoms with van der Waals surface area (Å²) < 4.78 is 10.6. The van der Waals surface area contributed by atoms with Crippen molar-refractivity contribution in [3.8, 4) is 11.5 Å². The number of ether oxygens (including phenoxy) is 2. The molecule has 0 saturated heterocycles. The molecule has 0 atom stereocenters. The van der Waals surface area contributed by atoms with E-state index in [1.54, 1.807) is 31.2 Å². The van der Waals surface area contributed by atoms with E-state index >= 15 is 0 Å². The maximum absolute atomic E-state index is 11.5. The van der Waals surface area contributed by atoms with Gasteiger partial charge in [0.25, 0.3) is 0 Å². The van der Waals surface area contributed by atoms with E-state index in [9.17, 15) is 4.79 Å². The lowest BCUT2D eigenvalue weighted by Gasteiger charge is -2.07. The Bertz CT molecular complexity index is 561. The van der Waals surface area contributed by atoms with Crippen LogP contribution in [-0.4, -0.2) is 12.6 Å². The van der Waals surface area contributed by atoms with Gasteiger partial charge in [-0.1, -0.05) is 12.1 Å². The number of alkyl halides is 1. The molecule has 0 aliphatic rings. The van der Waals surface area contributed by atoms with E-state index in [2.05, 4.69) is 0 Å². The summed E-state index contributed by atoms with van der Waals surface area (Å²) in [5.74, 6) is 1.54. The zero-order valence-electron chi connectivity index (χ0n) is 11.1. The summed E-state index contributed by atoms with van der Waals surface area (Å²) in [5, 5.41) is 0. The van der Waals surface area contributed by atoms with Crippen molar-refractivity contribution in [2.45, 2.75) is 12.8 Å². The molecule has 2 rings (SSSR count). The number of halogens is 1. The molecule has 0 bridgehead atoms. The van der Waals surface area contributed by atoms with Gasteiger partial charge in [0.2, 0.25) is 0 Å². The molecule has 2 aromatic rings. The lowest BCUT2D eigenvalue weighted by molar-refractivity contribution is 0.0526. The van der Waals surface area contributed by atoms with Crippen LogP contribution in [0.15, 0.2) is 48.5 Å². The van der Waals surface area contributed by atoms with Gasteiger partial charge in [-0.15, -0.1) is 11.6 Å². The van der Waals surface area contributed by atoms with Gasteiger partial charge in [-0.2, -0.15) is 0 Å². The van der Waals surface area contributed by atoms with Crippen LogP contribution in [0.3, 0.4) is 0 Å². The van der Waals surface area contributed by atoms with E-state index in [-0.39, 0.29) is 5.97 Å². The Hall–Kier alpha value is -2.00. The first-order valence-corrected chi connectivity index (χ1v) is 6.86. The molecule has 104 valence electrons. The molecule has 0 aliphatic carbocycles. The second kappa shape index (κ2) is 6.96. The van der Waals surface area contributed by atoms with E-state index in [1.807, 2.05) is 24.3 Å². The van der Waals surface area contributed by atoms with Gasteiger partial charge in [0.1, 0.15) is 11.5 Å². The number of rotatable bonds is 5. The highest BCUT2D eigenvalue weighted by atomic mass is 35.5. The summed E-state index contributed by atoms with van der Waals surface area (Å²) in [6.07, 6.45) is 0. The fourth-order valence-electron chi connectivity index (χ4n) is 1.66. The summed E-state index contributed by atoms with van der Waals surface area (Å²) in [7, 11) is 0. The minimum absolute atomic E-state index is 0.328. The topological polar surface area (TPSA) is 35.5 Å². The third kappa shape index (κ3) is 3.75. The van der Waals surface area contributed by atoms with Crippen LogP contribution in [0.2, 0.25) is 0 Å². The van der Waals surface area contributed by atoms with Crippen molar-refractivity contribution in [2.75, 3.05) is 6.61 Å². The Labute approximate surface area is 123 Å². The second-order valence-electron chi connectivity index (χ2n) is 4.12. The average Bonchev–Trinajstić information content (AvgIpc) is 2.49. The van der Waals surface area contributed by atoms with Crippen molar-refractivity contribution in [1.29, 1.82) is 0 Å². The predicted molar refractivity (Wildman–Crippen MR) is 78.5 cm³/mol. The average molecular weight is 291 g/mol. The van der Waals surface area contributed by atoms with Crippen LogP contribution in [0.25, 0.3) is 0 Å². The van der Waals surface area contributed by atoms with Gasteiger partial charge >= 0.3 is 5.97 Å². The summed E-state index contributed by atoms with van der Waals surface area (Å²) in [6, 6.07) is 14.4. The Morgan fingerprint density at radius 1 is 1.00 bits per heavy atom. The molecule has 0 fully saturated rings. The predicted octanol–water partition coefficient (Wildman–Crippen LogP) is 4.39. The van der Waals surface area contributed by atoms with E-state index in [0.717, 1.165) is 11.3 Å². The molecule has 20 heavy (non-hydrogen) atoms. The van der Waals surface area contributed by atoms with Crippen LogP contribution >= 0.6 is 11.6 Å². The van der Waals surface area contributed by atoms with E-state index < -0.39 is 0 Å². The highest BCUT2D eigenvalue weighted by Gasteiger charge is 2.06. The normalized spacial score (nSPS) is 10.1. The second-order valence-corrected chi connectivity index (χ2v) is 4.39. The first kappa shape index (κ1) is 14.4. The number of carbonyl (C=O) groups is 1. The fraction of sp³-hybridized carbons (Fsp3) is 0.188. The highest BCUT2D eigenvalue weighted by molar-refractivity contribution is 6.17. The van der Waals surface area contributed by atoms with Gasteiger partial charge in [0.15, 0.2) is 0 Å². The van der Waals surface area contributed by atoms with E-state index in [4.69, 9.17) is 21.1 Å². The highest BCUT2D eigenvalue weighted by Crippen LogP contribution is 2.22. The minimum Gasteiger partial charge on any atom is -0.462 e. The molecule has 0 radical (unpaired) electrons. The van der Waals surface area contributed by atoms with Gasteiger partial charge in [0.05, 0.1) is 12.2 Å². The first-order chi connectivity index (χ1) is 9.72. The van der Waals surface area contributed by atoms with Crippen LogP contribution in [0.5, 0.6) is 11.5 Å². The summed E-state index contributed by atoms with van der Waals surface area (Å²) in [6.45, 7) is 2.14. The maximum Gasteiger partial charge on any atom is 0.338 e. The van der Waals surface area contributed by atoms with Crippen LogP contribution in [-0.2, 0) is 10.6 Å². The molecule has 4 heteroatoms. The molecule has 0 spiro atoms. The van der Waals surface area contributed by atoms with Crippen LogP contribution in [0, 0.1) is 0 Å². The largest absolute Gasteiger partial charge is 0.462 e. The molecule has 2 aromatic carbocycles. The van der Waals surface area contributed by atoms with Crippen molar-refractivity contribution in [2.24, 2.45) is 0 Å². The Morgan fingerprint density at radius 2 is 1.55 bits per heavy atom. The van der Waals surface area contributed by atoms with Crippen LogP contribution in [0.1, 0.15) is 22.8 Å². The molecule has 0 amide bonds. The molecule has 0 aromatic heterocycles. The van der Waals surface area contributed by atoms with Crippen LogP contribution in [0.4, 0.5) is 0 Å². The molecule has 0 aliphatic heterocycles. The summed E-state index contributed by atoms with van der Waals surface area (Å²) in [4.78, 5) is 11.5. The number of hydrogen-bond acceptors (Lipinski definition) is 3. The quantitative estimate of drug-likeness (QED) is 0.605. The lowest BCUT2D eigenvalue weighted by Crippen LogP contribution is -2.03. The number of benzene rings is 2. The molecule has 0 unspecified atom stereocenters. The van der Waals surface area contributed by atoms with Gasteiger partial charge in [-0.3, -0.25) is 0 Å². The lowest BCUT2D eigenvalue weighted by atomic mass is 10.2. The maximum atomic E-state index is 11.5. The Kier molecular flexibility index (Phi) is 5.02. The molecule has 0 saturated carbocycles. The van der Waals surface area contributed by atoms with Crippen LogP contribution < -0.4 is 4.74 Å². The van der Waals surface area contributed by atoms with Crippen molar-refractivity contribution in [3.63, 3.8) is 0 Å². The molecular weight excluding hydrogens is 276 g/mol. The monoisotopic (exact) mass is 290 g/mol. The molecule has 0 N–H and O–H groups in total.